The van der Waals surface area contributed by atoms with Crippen molar-refractivity contribution in [2.45, 2.75) is 5.92 Å². The summed E-state index contributed by atoms with van der Waals surface area (Å²) in [5.41, 5.74) is 1.67. The molecule has 0 aliphatic rings. The van der Waals surface area contributed by atoms with E-state index in [9.17, 15) is 14.5 Å². The van der Waals surface area contributed by atoms with Gasteiger partial charge in [-0.25, -0.2) is 4.39 Å². The highest BCUT2D eigenvalue weighted by atomic mass is 35.5. The number of halogens is 2. The van der Waals surface area contributed by atoms with Crippen molar-refractivity contribution >= 4 is 22.5 Å². The van der Waals surface area contributed by atoms with Crippen LogP contribution in [-0.4, -0.2) is 16.5 Å². The van der Waals surface area contributed by atoms with Gasteiger partial charge in [0.2, 0.25) is 6.54 Å². The van der Waals surface area contributed by atoms with Crippen molar-refractivity contribution in [3.05, 3.63) is 80.7 Å². The lowest BCUT2D eigenvalue weighted by Gasteiger charge is -2.15. The van der Waals surface area contributed by atoms with Gasteiger partial charge in [0.05, 0.1) is 5.92 Å². The van der Waals surface area contributed by atoms with Crippen molar-refractivity contribution < 1.29 is 9.31 Å². The van der Waals surface area contributed by atoms with Crippen LogP contribution in [0.3, 0.4) is 0 Å². The van der Waals surface area contributed by atoms with Crippen molar-refractivity contribution in [1.82, 2.24) is 4.98 Å². The van der Waals surface area contributed by atoms with Gasteiger partial charge < -0.3 is 4.98 Å². The largest absolute Gasteiger partial charge is 0.361 e. The van der Waals surface area contributed by atoms with Gasteiger partial charge in [0.15, 0.2) is 0 Å². The highest BCUT2D eigenvalue weighted by Crippen LogP contribution is 2.36. The molecule has 0 spiro atoms. The average Bonchev–Trinajstić information content (AvgIpc) is 2.89. The zero-order valence-electron chi connectivity index (χ0n) is 11.4. The highest BCUT2D eigenvalue weighted by Gasteiger charge is 2.27. The first kappa shape index (κ1) is 14.5. The lowest BCUT2D eigenvalue weighted by molar-refractivity contribution is -0.481. The summed E-state index contributed by atoms with van der Waals surface area (Å²) in [7, 11) is 0. The van der Waals surface area contributed by atoms with Gasteiger partial charge in [0.1, 0.15) is 5.82 Å². The summed E-state index contributed by atoms with van der Waals surface area (Å²) in [6, 6.07) is 11.7. The number of hydrogen-bond acceptors (Lipinski definition) is 2. The fourth-order valence-corrected chi connectivity index (χ4v) is 3.01. The predicted molar refractivity (Wildman–Crippen MR) is 83.4 cm³/mol. The maximum Gasteiger partial charge on any atom is 0.214 e. The summed E-state index contributed by atoms with van der Waals surface area (Å²) in [5.74, 6) is -1.29. The van der Waals surface area contributed by atoms with Gasteiger partial charge in [-0.3, -0.25) is 10.1 Å². The van der Waals surface area contributed by atoms with Gasteiger partial charge in [-0.1, -0.05) is 35.9 Å². The molecule has 0 aliphatic heterocycles. The van der Waals surface area contributed by atoms with Gasteiger partial charge in [0, 0.05) is 32.6 Å². The van der Waals surface area contributed by atoms with Crippen LogP contribution < -0.4 is 0 Å². The van der Waals surface area contributed by atoms with Crippen LogP contribution in [0.25, 0.3) is 10.9 Å². The van der Waals surface area contributed by atoms with E-state index in [1.165, 1.54) is 12.1 Å². The van der Waals surface area contributed by atoms with Gasteiger partial charge in [0.25, 0.3) is 0 Å². The minimum atomic E-state index is -0.750. The van der Waals surface area contributed by atoms with Crippen molar-refractivity contribution in [2.24, 2.45) is 0 Å². The fraction of sp³-hybridized carbons (Fsp3) is 0.125. The van der Waals surface area contributed by atoms with Crippen LogP contribution in [0.15, 0.2) is 48.7 Å². The molecule has 22 heavy (non-hydrogen) atoms. The van der Waals surface area contributed by atoms with Crippen LogP contribution in [-0.2, 0) is 0 Å². The number of fused-ring (bicyclic) bond motifs is 1. The summed E-state index contributed by atoms with van der Waals surface area (Å²) < 4.78 is 14.2. The molecule has 0 radical (unpaired) electrons. The Morgan fingerprint density at radius 3 is 2.73 bits per heavy atom. The van der Waals surface area contributed by atoms with Gasteiger partial charge in [-0.2, -0.15) is 0 Å². The zero-order chi connectivity index (χ0) is 15.7. The molecule has 0 fully saturated rings. The van der Waals surface area contributed by atoms with E-state index in [4.69, 9.17) is 11.6 Å². The van der Waals surface area contributed by atoms with E-state index >= 15 is 0 Å². The van der Waals surface area contributed by atoms with E-state index in [2.05, 4.69) is 4.98 Å². The number of nitrogens with zero attached hydrogens (tertiary/aromatic N) is 1. The second-order valence-corrected chi connectivity index (χ2v) is 5.40. The SMILES string of the molecule is O=[N+]([O-])C[C@H](c1c(F)cccc1Cl)c1c[nH]c2ccccc12. The zero-order valence-corrected chi connectivity index (χ0v) is 12.2. The van der Waals surface area contributed by atoms with Crippen molar-refractivity contribution in [1.29, 1.82) is 0 Å². The molecule has 0 aliphatic carbocycles. The monoisotopic (exact) mass is 318 g/mol. The Bertz CT molecular complexity index is 827. The van der Waals surface area contributed by atoms with Crippen LogP contribution in [0.2, 0.25) is 5.02 Å². The highest BCUT2D eigenvalue weighted by molar-refractivity contribution is 6.31. The standard InChI is InChI=1S/C16H12ClFN2O2/c17-13-5-3-6-14(18)16(13)12(9-20(21)22)11-8-19-15-7-2-1-4-10(11)15/h1-8,12,19H,9H2/t12-/m0/s1. The molecule has 0 saturated carbocycles. The first-order valence-corrected chi connectivity index (χ1v) is 7.07. The summed E-state index contributed by atoms with van der Waals surface area (Å²) >= 11 is 6.10. The third-order valence-corrected chi connectivity index (χ3v) is 4.01. The van der Waals surface area contributed by atoms with Crippen LogP contribution in [0.5, 0.6) is 0 Å². The molecular weight excluding hydrogens is 307 g/mol. The van der Waals surface area contributed by atoms with Crippen LogP contribution in [0, 0.1) is 15.9 Å². The van der Waals surface area contributed by atoms with E-state index in [1.807, 2.05) is 24.3 Å². The summed E-state index contributed by atoms with van der Waals surface area (Å²) in [5, 5.41) is 12.1. The molecule has 2 aromatic carbocycles. The normalized spacial score (nSPS) is 12.5. The number of aromatic nitrogens is 1. The van der Waals surface area contributed by atoms with Crippen molar-refractivity contribution in [3.8, 4) is 0 Å². The molecule has 1 N–H and O–H groups in total. The Morgan fingerprint density at radius 1 is 1.23 bits per heavy atom. The van der Waals surface area contributed by atoms with Gasteiger partial charge in [-0.05, 0) is 23.8 Å². The second-order valence-electron chi connectivity index (χ2n) is 4.99. The minimum Gasteiger partial charge on any atom is -0.361 e. The molecule has 1 atom stereocenters. The predicted octanol–water partition coefficient (Wildman–Crippen LogP) is 4.37. The third kappa shape index (κ3) is 2.55. The maximum absolute atomic E-state index is 14.2. The number of rotatable bonds is 4. The number of H-pyrrole nitrogens is 1. The smallest absolute Gasteiger partial charge is 0.214 e. The molecule has 6 heteroatoms. The molecule has 0 amide bonds. The van der Waals surface area contributed by atoms with E-state index in [0.717, 1.165) is 10.9 Å². The van der Waals surface area contributed by atoms with Crippen molar-refractivity contribution in [3.63, 3.8) is 0 Å². The molecule has 1 heterocycles. The van der Waals surface area contributed by atoms with Crippen molar-refractivity contribution in [2.75, 3.05) is 6.54 Å². The molecule has 1 aromatic heterocycles. The number of benzene rings is 2. The first-order valence-electron chi connectivity index (χ1n) is 6.69. The quantitative estimate of drug-likeness (QED) is 0.573. The molecule has 0 unspecified atom stereocenters. The number of hydrogen-bond donors (Lipinski definition) is 1. The summed E-state index contributed by atoms with van der Waals surface area (Å²) in [6.45, 7) is -0.428. The Morgan fingerprint density at radius 2 is 2.00 bits per heavy atom. The minimum absolute atomic E-state index is 0.158. The summed E-state index contributed by atoms with van der Waals surface area (Å²) in [6.07, 6.45) is 1.68. The molecular formula is C16H12ClFN2O2. The molecule has 112 valence electrons. The van der Waals surface area contributed by atoms with E-state index < -0.39 is 23.2 Å². The molecule has 0 bridgehead atoms. The van der Waals surface area contributed by atoms with Crippen LogP contribution in [0.1, 0.15) is 17.0 Å². The maximum atomic E-state index is 14.2. The Hall–Kier alpha value is -2.40. The van der Waals surface area contributed by atoms with E-state index in [-0.39, 0.29) is 10.6 Å². The van der Waals surface area contributed by atoms with E-state index in [0.29, 0.717) is 5.56 Å². The Labute approximate surface area is 130 Å². The molecule has 4 nitrogen and oxygen atoms in total. The molecule has 3 aromatic rings. The summed E-state index contributed by atoms with van der Waals surface area (Å²) in [4.78, 5) is 13.7. The molecule has 0 saturated heterocycles. The number of nitrogens with one attached hydrogen (secondary N) is 1. The average molecular weight is 319 g/mol. The van der Waals surface area contributed by atoms with Gasteiger partial charge in [-0.15, -0.1) is 0 Å². The number of para-hydroxylation sites is 1. The number of aromatic amines is 1. The lowest BCUT2D eigenvalue weighted by atomic mass is 9.90. The lowest BCUT2D eigenvalue weighted by Crippen LogP contribution is -2.15. The third-order valence-electron chi connectivity index (χ3n) is 3.68. The fourth-order valence-electron chi connectivity index (χ4n) is 2.72. The number of nitro groups is 1. The first-order chi connectivity index (χ1) is 10.6. The van der Waals surface area contributed by atoms with Crippen LogP contribution >= 0.6 is 11.6 Å². The van der Waals surface area contributed by atoms with Crippen LogP contribution in [0.4, 0.5) is 4.39 Å². The Balaban J connectivity index is 2.21. The van der Waals surface area contributed by atoms with E-state index in [1.54, 1.807) is 12.3 Å². The Kier molecular flexibility index (Phi) is 3.81. The van der Waals surface area contributed by atoms with Gasteiger partial charge >= 0.3 is 0 Å². The molecule has 3 rings (SSSR count). The topological polar surface area (TPSA) is 58.9 Å². The second kappa shape index (κ2) is 5.77.